The van der Waals surface area contributed by atoms with Crippen LogP contribution in [0.25, 0.3) is 0 Å². The molecular formula is C14H24N2O3. The van der Waals surface area contributed by atoms with E-state index in [9.17, 15) is 9.59 Å². The number of ether oxygens (including phenoxy) is 1. The van der Waals surface area contributed by atoms with Gasteiger partial charge in [-0.3, -0.25) is 9.59 Å². The Hall–Kier alpha value is -1.10. The highest BCUT2D eigenvalue weighted by molar-refractivity contribution is 5.77. The Kier molecular flexibility index (Phi) is 5.19. The van der Waals surface area contributed by atoms with Crippen LogP contribution in [0.4, 0.5) is 0 Å². The van der Waals surface area contributed by atoms with Crippen molar-refractivity contribution in [3.8, 4) is 0 Å². The first-order valence-electron chi connectivity index (χ1n) is 7.35. The summed E-state index contributed by atoms with van der Waals surface area (Å²) >= 11 is 0. The molecule has 1 aliphatic heterocycles. The van der Waals surface area contributed by atoms with Gasteiger partial charge in [-0.1, -0.05) is 0 Å². The van der Waals surface area contributed by atoms with Gasteiger partial charge in [0, 0.05) is 12.5 Å². The average molecular weight is 268 g/mol. The third kappa shape index (κ3) is 4.20. The molecule has 2 aliphatic rings. The van der Waals surface area contributed by atoms with E-state index in [0.29, 0.717) is 18.9 Å². The molecule has 1 aliphatic carbocycles. The van der Waals surface area contributed by atoms with Crippen LogP contribution < -0.4 is 10.6 Å². The lowest BCUT2D eigenvalue weighted by Crippen LogP contribution is -2.46. The van der Waals surface area contributed by atoms with Crippen molar-refractivity contribution >= 4 is 11.9 Å². The van der Waals surface area contributed by atoms with Gasteiger partial charge in [-0.2, -0.15) is 0 Å². The number of carbonyl (C=O) groups excluding carboxylic acids is 2. The minimum absolute atomic E-state index is 0.0314. The van der Waals surface area contributed by atoms with Crippen molar-refractivity contribution in [3.05, 3.63) is 0 Å². The van der Waals surface area contributed by atoms with Crippen molar-refractivity contribution in [1.29, 1.82) is 0 Å². The van der Waals surface area contributed by atoms with Crippen molar-refractivity contribution in [1.82, 2.24) is 10.6 Å². The zero-order valence-electron chi connectivity index (χ0n) is 11.6. The number of nitrogens with one attached hydrogen (secondary N) is 2. The van der Waals surface area contributed by atoms with Gasteiger partial charge in [0.1, 0.15) is 0 Å². The quantitative estimate of drug-likeness (QED) is 0.725. The predicted octanol–water partition coefficient (Wildman–Crippen LogP) is 0.834. The van der Waals surface area contributed by atoms with Crippen LogP contribution in [0.3, 0.4) is 0 Å². The Morgan fingerprint density at radius 3 is 2.42 bits per heavy atom. The molecule has 108 valence electrons. The van der Waals surface area contributed by atoms with Crippen molar-refractivity contribution in [2.45, 2.75) is 45.1 Å². The summed E-state index contributed by atoms with van der Waals surface area (Å²) in [5, 5.41) is 6.26. The lowest BCUT2D eigenvalue weighted by molar-refractivity contribution is -0.149. The molecule has 19 heavy (non-hydrogen) atoms. The van der Waals surface area contributed by atoms with Gasteiger partial charge in [-0.05, 0) is 51.6 Å². The number of esters is 1. The summed E-state index contributed by atoms with van der Waals surface area (Å²) in [4.78, 5) is 23.4. The second kappa shape index (κ2) is 6.89. The number of rotatable bonds is 5. The summed E-state index contributed by atoms with van der Waals surface area (Å²) in [6.07, 6.45) is 4.06. The molecule has 5 nitrogen and oxygen atoms in total. The third-order valence-corrected chi connectivity index (χ3v) is 4.05. The van der Waals surface area contributed by atoms with Crippen molar-refractivity contribution in [2.75, 3.05) is 19.7 Å². The molecule has 2 N–H and O–H groups in total. The van der Waals surface area contributed by atoms with Gasteiger partial charge in [-0.25, -0.2) is 0 Å². The third-order valence-electron chi connectivity index (χ3n) is 4.05. The van der Waals surface area contributed by atoms with E-state index < -0.39 is 0 Å². The van der Waals surface area contributed by atoms with Crippen LogP contribution in [-0.4, -0.2) is 37.6 Å². The molecule has 2 fully saturated rings. The first kappa shape index (κ1) is 14.3. The molecule has 1 amide bonds. The summed E-state index contributed by atoms with van der Waals surface area (Å²) in [7, 11) is 0. The van der Waals surface area contributed by atoms with Crippen LogP contribution in [-0.2, 0) is 14.3 Å². The van der Waals surface area contributed by atoms with Crippen LogP contribution in [0.5, 0.6) is 0 Å². The standard InChI is InChI=1S/C14H24N2O3/c1-2-19-14(18)11-3-5-12(6-4-11)16-13(17)7-10-8-15-9-10/h10-12,15H,2-9H2,1H3,(H,16,17). The van der Waals surface area contributed by atoms with Gasteiger partial charge in [0.05, 0.1) is 12.5 Å². The van der Waals surface area contributed by atoms with Crippen LogP contribution >= 0.6 is 0 Å². The fourth-order valence-corrected chi connectivity index (χ4v) is 2.78. The Bertz CT molecular complexity index is 321. The molecular weight excluding hydrogens is 244 g/mol. The van der Waals surface area contributed by atoms with Crippen molar-refractivity contribution in [3.63, 3.8) is 0 Å². The molecule has 5 heteroatoms. The largest absolute Gasteiger partial charge is 0.466 e. The van der Waals surface area contributed by atoms with E-state index >= 15 is 0 Å². The van der Waals surface area contributed by atoms with Gasteiger partial charge in [0.15, 0.2) is 0 Å². The molecule has 0 aromatic rings. The van der Waals surface area contributed by atoms with Gasteiger partial charge >= 0.3 is 5.97 Å². The highest BCUT2D eigenvalue weighted by atomic mass is 16.5. The summed E-state index contributed by atoms with van der Waals surface area (Å²) in [5.74, 6) is 0.624. The molecule has 0 unspecified atom stereocenters. The average Bonchev–Trinajstić information content (AvgIpc) is 2.35. The second-order valence-electron chi connectivity index (χ2n) is 5.60. The maximum absolute atomic E-state index is 11.8. The molecule has 0 spiro atoms. The van der Waals surface area contributed by atoms with E-state index in [-0.39, 0.29) is 23.8 Å². The Balaban J connectivity index is 1.65. The number of amides is 1. The number of hydrogen-bond acceptors (Lipinski definition) is 4. The summed E-state index contributed by atoms with van der Waals surface area (Å²) in [5.41, 5.74) is 0. The topological polar surface area (TPSA) is 67.4 Å². The van der Waals surface area contributed by atoms with Crippen LogP contribution in [0.1, 0.15) is 39.0 Å². The normalized spacial score (nSPS) is 27.4. The van der Waals surface area contributed by atoms with E-state index in [1.165, 1.54) is 0 Å². The smallest absolute Gasteiger partial charge is 0.308 e. The minimum Gasteiger partial charge on any atom is -0.466 e. The molecule has 0 radical (unpaired) electrons. The van der Waals surface area contributed by atoms with Gasteiger partial charge in [-0.15, -0.1) is 0 Å². The molecule has 1 saturated carbocycles. The Morgan fingerprint density at radius 2 is 1.89 bits per heavy atom. The summed E-state index contributed by atoms with van der Waals surface area (Å²) < 4.78 is 5.04. The maximum Gasteiger partial charge on any atom is 0.308 e. The Labute approximate surface area is 114 Å². The molecule has 1 heterocycles. The monoisotopic (exact) mass is 268 g/mol. The van der Waals surface area contributed by atoms with Crippen LogP contribution in [0.2, 0.25) is 0 Å². The number of hydrogen-bond donors (Lipinski definition) is 2. The molecule has 2 rings (SSSR count). The zero-order chi connectivity index (χ0) is 13.7. The SMILES string of the molecule is CCOC(=O)C1CCC(NC(=O)CC2CNC2)CC1. The predicted molar refractivity (Wildman–Crippen MR) is 71.5 cm³/mol. The lowest BCUT2D eigenvalue weighted by atomic mass is 9.86. The van der Waals surface area contributed by atoms with Gasteiger partial charge in [0.2, 0.25) is 5.91 Å². The summed E-state index contributed by atoms with van der Waals surface area (Å²) in [6.45, 7) is 4.20. The molecule has 1 saturated heterocycles. The van der Waals surface area contributed by atoms with E-state index in [1.54, 1.807) is 0 Å². The van der Waals surface area contributed by atoms with Crippen LogP contribution in [0.15, 0.2) is 0 Å². The van der Waals surface area contributed by atoms with Crippen molar-refractivity contribution in [2.24, 2.45) is 11.8 Å². The molecule has 0 aromatic carbocycles. The van der Waals surface area contributed by atoms with Crippen molar-refractivity contribution < 1.29 is 14.3 Å². The van der Waals surface area contributed by atoms with E-state index in [4.69, 9.17) is 4.74 Å². The van der Waals surface area contributed by atoms with E-state index in [1.807, 2.05) is 6.92 Å². The first-order chi connectivity index (χ1) is 9.19. The fraction of sp³-hybridized carbons (Fsp3) is 0.857. The van der Waals surface area contributed by atoms with E-state index in [0.717, 1.165) is 38.8 Å². The highest BCUT2D eigenvalue weighted by Gasteiger charge is 2.28. The minimum atomic E-state index is -0.0761. The summed E-state index contributed by atoms with van der Waals surface area (Å²) in [6, 6.07) is 0.242. The zero-order valence-corrected chi connectivity index (χ0v) is 11.6. The molecule has 0 atom stereocenters. The lowest BCUT2D eigenvalue weighted by Gasteiger charge is -2.30. The number of carbonyl (C=O) groups is 2. The maximum atomic E-state index is 11.8. The van der Waals surface area contributed by atoms with Gasteiger partial charge in [0.25, 0.3) is 0 Å². The fourth-order valence-electron chi connectivity index (χ4n) is 2.78. The highest BCUT2D eigenvalue weighted by Crippen LogP contribution is 2.25. The molecule has 0 bridgehead atoms. The second-order valence-corrected chi connectivity index (χ2v) is 5.60. The Morgan fingerprint density at radius 1 is 1.21 bits per heavy atom. The van der Waals surface area contributed by atoms with Gasteiger partial charge < -0.3 is 15.4 Å². The molecule has 0 aromatic heterocycles. The van der Waals surface area contributed by atoms with E-state index in [2.05, 4.69) is 10.6 Å². The first-order valence-corrected chi connectivity index (χ1v) is 7.35. The van der Waals surface area contributed by atoms with Crippen LogP contribution in [0, 0.1) is 11.8 Å².